The van der Waals surface area contributed by atoms with E-state index in [2.05, 4.69) is 12.2 Å². The smallest absolute Gasteiger partial charge is 0.312 e. The van der Waals surface area contributed by atoms with Gasteiger partial charge in [-0.1, -0.05) is 36.7 Å². The standard InChI is InChI=1S/C22H23ClN2O4/c1-3-15-7-9-19(10-8-15)25-13-16(11-20(25)26)22(28)29-14(2)21(27)24-18-6-4-5-17(23)12-18/h4-10,12,14,16H,3,11,13H2,1-2H3,(H,24,27)/t14-,16+/m1/s1. The molecular weight excluding hydrogens is 392 g/mol. The van der Waals surface area contributed by atoms with E-state index in [9.17, 15) is 14.4 Å². The molecule has 2 amide bonds. The van der Waals surface area contributed by atoms with Crippen molar-refractivity contribution in [1.82, 2.24) is 0 Å². The number of carbonyl (C=O) groups excluding carboxylic acids is 3. The van der Waals surface area contributed by atoms with E-state index >= 15 is 0 Å². The molecule has 0 spiro atoms. The van der Waals surface area contributed by atoms with Crippen LogP contribution in [0.2, 0.25) is 5.02 Å². The Kier molecular flexibility index (Phi) is 6.54. The van der Waals surface area contributed by atoms with Gasteiger partial charge >= 0.3 is 5.97 Å². The van der Waals surface area contributed by atoms with E-state index < -0.39 is 23.9 Å². The first-order valence-electron chi connectivity index (χ1n) is 9.53. The quantitative estimate of drug-likeness (QED) is 0.729. The molecular formula is C22H23ClN2O4. The second kappa shape index (κ2) is 9.09. The summed E-state index contributed by atoms with van der Waals surface area (Å²) in [4.78, 5) is 38.7. The van der Waals surface area contributed by atoms with Crippen LogP contribution in [0.4, 0.5) is 11.4 Å². The molecule has 1 saturated heterocycles. The summed E-state index contributed by atoms with van der Waals surface area (Å²) >= 11 is 5.90. The number of amides is 2. The maximum atomic E-state index is 12.5. The molecule has 0 radical (unpaired) electrons. The van der Waals surface area contributed by atoms with Crippen molar-refractivity contribution in [1.29, 1.82) is 0 Å². The lowest BCUT2D eigenvalue weighted by Crippen LogP contribution is -2.33. The molecule has 0 aromatic heterocycles. The predicted molar refractivity (Wildman–Crippen MR) is 112 cm³/mol. The van der Waals surface area contributed by atoms with Crippen molar-refractivity contribution in [3.8, 4) is 0 Å². The van der Waals surface area contributed by atoms with E-state index in [0.29, 0.717) is 10.7 Å². The molecule has 3 rings (SSSR count). The maximum absolute atomic E-state index is 12.5. The minimum absolute atomic E-state index is 0.0665. The number of halogens is 1. The lowest BCUT2D eigenvalue weighted by molar-refractivity contribution is -0.157. The lowest BCUT2D eigenvalue weighted by atomic mass is 10.1. The molecule has 2 aromatic rings. The third kappa shape index (κ3) is 5.15. The molecule has 152 valence electrons. The summed E-state index contributed by atoms with van der Waals surface area (Å²) in [6, 6.07) is 14.4. The van der Waals surface area contributed by atoms with E-state index in [4.69, 9.17) is 16.3 Å². The van der Waals surface area contributed by atoms with Crippen LogP contribution in [0.5, 0.6) is 0 Å². The van der Waals surface area contributed by atoms with Gasteiger partial charge in [0, 0.05) is 29.4 Å². The number of hydrogen-bond acceptors (Lipinski definition) is 4. The van der Waals surface area contributed by atoms with Gasteiger partial charge in [0.2, 0.25) is 5.91 Å². The molecule has 1 aliphatic heterocycles. The molecule has 7 heteroatoms. The molecule has 29 heavy (non-hydrogen) atoms. The Bertz CT molecular complexity index is 913. The number of nitrogens with one attached hydrogen (secondary N) is 1. The molecule has 2 atom stereocenters. The number of hydrogen-bond donors (Lipinski definition) is 1. The van der Waals surface area contributed by atoms with Crippen LogP contribution in [0.3, 0.4) is 0 Å². The number of nitrogens with zero attached hydrogens (tertiary/aromatic N) is 1. The van der Waals surface area contributed by atoms with Crippen LogP contribution in [-0.4, -0.2) is 30.4 Å². The zero-order chi connectivity index (χ0) is 21.0. The monoisotopic (exact) mass is 414 g/mol. The van der Waals surface area contributed by atoms with Crippen LogP contribution in [0.25, 0.3) is 0 Å². The SMILES string of the molecule is CCc1ccc(N2C[C@@H](C(=O)O[C@H](C)C(=O)Nc3cccc(Cl)c3)CC2=O)cc1. The third-order valence-electron chi connectivity index (χ3n) is 4.87. The fourth-order valence-corrected chi connectivity index (χ4v) is 3.35. The molecule has 0 unspecified atom stereocenters. The fraction of sp³-hybridized carbons (Fsp3) is 0.318. The molecule has 2 aromatic carbocycles. The average molecular weight is 415 g/mol. The number of ether oxygens (including phenoxy) is 1. The van der Waals surface area contributed by atoms with Crippen LogP contribution >= 0.6 is 11.6 Å². The topological polar surface area (TPSA) is 75.7 Å². The minimum atomic E-state index is -0.991. The van der Waals surface area contributed by atoms with Gasteiger partial charge in [-0.15, -0.1) is 0 Å². The van der Waals surface area contributed by atoms with Crippen molar-refractivity contribution in [2.45, 2.75) is 32.8 Å². The number of esters is 1. The molecule has 0 aliphatic carbocycles. The Morgan fingerprint density at radius 2 is 1.97 bits per heavy atom. The van der Waals surface area contributed by atoms with Crippen molar-refractivity contribution in [3.05, 3.63) is 59.1 Å². The molecule has 1 N–H and O–H groups in total. The fourth-order valence-electron chi connectivity index (χ4n) is 3.16. The highest BCUT2D eigenvalue weighted by molar-refractivity contribution is 6.30. The Hall–Kier alpha value is -2.86. The van der Waals surface area contributed by atoms with E-state index in [1.165, 1.54) is 12.5 Å². The molecule has 0 saturated carbocycles. The highest BCUT2D eigenvalue weighted by Crippen LogP contribution is 2.26. The Morgan fingerprint density at radius 1 is 1.24 bits per heavy atom. The first-order valence-corrected chi connectivity index (χ1v) is 9.91. The largest absolute Gasteiger partial charge is 0.452 e. The molecule has 1 aliphatic rings. The number of carbonyl (C=O) groups is 3. The van der Waals surface area contributed by atoms with Crippen LogP contribution < -0.4 is 10.2 Å². The van der Waals surface area contributed by atoms with Crippen molar-refractivity contribution in [2.75, 3.05) is 16.8 Å². The van der Waals surface area contributed by atoms with Gasteiger partial charge in [0.1, 0.15) is 0 Å². The molecule has 0 bridgehead atoms. The minimum Gasteiger partial charge on any atom is -0.452 e. The lowest BCUT2D eigenvalue weighted by Gasteiger charge is -2.18. The van der Waals surface area contributed by atoms with Crippen molar-refractivity contribution in [2.24, 2.45) is 5.92 Å². The first-order chi connectivity index (χ1) is 13.9. The summed E-state index contributed by atoms with van der Waals surface area (Å²) in [5.74, 6) is -1.75. The van der Waals surface area contributed by atoms with E-state index in [1.54, 1.807) is 29.2 Å². The summed E-state index contributed by atoms with van der Waals surface area (Å²) in [5, 5.41) is 3.14. The van der Waals surface area contributed by atoms with Gasteiger partial charge < -0.3 is 15.0 Å². The van der Waals surface area contributed by atoms with Gasteiger partial charge in [0.25, 0.3) is 5.91 Å². The third-order valence-corrected chi connectivity index (χ3v) is 5.10. The van der Waals surface area contributed by atoms with Crippen molar-refractivity contribution >= 4 is 40.8 Å². The van der Waals surface area contributed by atoms with Crippen molar-refractivity contribution in [3.63, 3.8) is 0 Å². The van der Waals surface area contributed by atoms with Gasteiger partial charge in [-0.3, -0.25) is 14.4 Å². The Morgan fingerprint density at radius 3 is 2.62 bits per heavy atom. The highest BCUT2D eigenvalue weighted by atomic mass is 35.5. The van der Waals surface area contributed by atoms with Crippen LogP contribution in [0.15, 0.2) is 48.5 Å². The van der Waals surface area contributed by atoms with Crippen LogP contribution in [-0.2, 0) is 25.5 Å². The van der Waals surface area contributed by atoms with Gasteiger partial charge in [0.15, 0.2) is 6.10 Å². The Labute approximate surface area is 174 Å². The number of anilines is 2. The van der Waals surface area contributed by atoms with E-state index in [1.807, 2.05) is 24.3 Å². The summed E-state index contributed by atoms with van der Waals surface area (Å²) in [5.41, 5.74) is 2.45. The zero-order valence-electron chi connectivity index (χ0n) is 16.4. The van der Waals surface area contributed by atoms with Crippen LogP contribution in [0.1, 0.15) is 25.8 Å². The summed E-state index contributed by atoms with van der Waals surface area (Å²) in [6.45, 7) is 3.80. The second-order valence-corrected chi connectivity index (χ2v) is 7.44. The molecule has 1 heterocycles. The maximum Gasteiger partial charge on any atom is 0.312 e. The highest BCUT2D eigenvalue weighted by Gasteiger charge is 2.37. The zero-order valence-corrected chi connectivity index (χ0v) is 17.1. The molecule has 6 nitrogen and oxygen atoms in total. The van der Waals surface area contributed by atoms with Crippen LogP contribution in [0, 0.1) is 5.92 Å². The normalized spacial score (nSPS) is 17.1. The van der Waals surface area contributed by atoms with E-state index in [0.717, 1.165) is 12.1 Å². The van der Waals surface area contributed by atoms with Gasteiger partial charge in [0.05, 0.1) is 5.92 Å². The summed E-state index contributed by atoms with van der Waals surface area (Å²) < 4.78 is 5.30. The van der Waals surface area contributed by atoms with Gasteiger partial charge in [-0.2, -0.15) is 0 Å². The Balaban J connectivity index is 1.57. The van der Waals surface area contributed by atoms with Gasteiger partial charge in [-0.05, 0) is 49.2 Å². The second-order valence-electron chi connectivity index (χ2n) is 7.00. The molecule has 1 fully saturated rings. The number of aryl methyl sites for hydroxylation is 1. The van der Waals surface area contributed by atoms with Crippen molar-refractivity contribution < 1.29 is 19.1 Å². The van der Waals surface area contributed by atoms with Gasteiger partial charge in [-0.25, -0.2) is 0 Å². The first kappa shape index (κ1) is 20.9. The average Bonchev–Trinajstić information content (AvgIpc) is 3.10. The predicted octanol–water partition coefficient (Wildman–Crippen LogP) is 3.83. The number of rotatable bonds is 6. The summed E-state index contributed by atoms with van der Waals surface area (Å²) in [6.07, 6.45) is -0.00977. The summed E-state index contributed by atoms with van der Waals surface area (Å²) in [7, 11) is 0. The van der Waals surface area contributed by atoms with E-state index in [-0.39, 0.29) is 18.9 Å². The number of benzene rings is 2.